The minimum absolute atomic E-state index is 0.0859. The number of nitrogens with zero attached hydrogens (tertiary/aromatic N) is 3. The molecule has 0 fully saturated rings. The van der Waals surface area contributed by atoms with Crippen molar-refractivity contribution in [3.63, 3.8) is 0 Å². The molecule has 1 amide bonds. The number of para-hydroxylation sites is 1. The van der Waals surface area contributed by atoms with Gasteiger partial charge >= 0.3 is 0 Å². The molecular weight excluding hydrogens is 364 g/mol. The van der Waals surface area contributed by atoms with E-state index in [1.807, 2.05) is 54.8 Å². The first kappa shape index (κ1) is 19.0. The second kappa shape index (κ2) is 9.27. The summed E-state index contributed by atoms with van der Waals surface area (Å²) in [6.45, 7) is 5.03. The van der Waals surface area contributed by atoms with Gasteiger partial charge in [-0.05, 0) is 38.1 Å². The van der Waals surface area contributed by atoms with Crippen molar-refractivity contribution >= 4 is 17.7 Å². The third-order valence-corrected chi connectivity index (χ3v) is 4.82. The fourth-order valence-electron chi connectivity index (χ4n) is 2.54. The molecule has 2 heterocycles. The number of furan rings is 1. The van der Waals surface area contributed by atoms with Gasteiger partial charge in [-0.1, -0.05) is 30.0 Å². The highest BCUT2D eigenvalue weighted by atomic mass is 32.2. The molecule has 2 aromatic heterocycles. The Bertz CT molecular complexity index is 849. The van der Waals surface area contributed by atoms with E-state index in [0.29, 0.717) is 18.2 Å². The van der Waals surface area contributed by atoms with Crippen molar-refractivity contribution in [3.8, 4) is 5.75 Å². The summed E-state index contributed by atoms with van der Waals surface area (Å²) in [7, 11) is 0. The van der Waals surface area contributed by atoms with Crippen LogP contribution in [0.5, 0.6) is 5.75 Å². The van der Waals surface area contributed by atoms with Crippen molar-refractivity contribution in [2.24, 2.45) is 0 Å². The van der Waals surface area contributed by atoms with E-state index in [4.69, 9.17) is 9.15 Å². The molecule has 3 rings (SSSR count). The van der Waals surface area contributed by atoms with Gasteiger partial charge in [-0.2, -0.15) is 0 Å². The molecule has 8 heteroatoms. The fraction of sp³-hybridized carbons (Fsp3) is 0.316. The lowest BCUT2D eigenvalue weighted by atomic mass is 10.3. The maximum Gasteiger partial charge on any atom is 0.230 e. The lowest BCUT2D eigenvalue weighted by Crippen LogP contribution is -2.24. The monoisotopic (exact) mass is 386 g/mol. The molecule has 1 N–H and O–H groups in total. The van der Waals surface area contributed by atoms with Gasteiger partial charge in [-0.3, -0.25) is 4.79 Å². The maximum absolute atomic E-state index is 12.0. The van der Waals surface area contributed by atoms with Crippen LogP contribution in [0.3, 0.4) is 0 Å². The highest BCUT2D eigenvalue weighted by molar-refractivity contribution is 7.99. The highest BCUT2D eigenvalue weighted by Gasteiger charge is 2.19. The number of amides is 1. The van der Waals surface area contributed by atoms with Crippen molar-refractivity contribution in [2.45, 2.75) is 38.2 Å². The molecule has 0 saturated carbocycles. The van der Waals surface area contributed by atoms with Gasteiger partial charge in [-0.25, -0.2) is 0 Å². The van der Waals surface area contributed by atoms with Crippen LogP contribution in [-0.2, 0) is 17.9 Å². The molecule has 0 spiro atoms. The Kier molecular flexibility index (Phi) is 6.54. The number of aromatic nitrogens is 3. The first-order chi connectivity index (χ1) is 13.2. The molecule has 0 aliphatic carbocycles. The van der Waals surface area contributed by atoms with Crippen LogP contribution in [0.15, 0.2) is 58.3 Å². The molecule has 0 bridgehead atoms. The first-order valence-corrected chi connectivity index (χ1v) is 9.72. The molecule has 142 valence electrons. The number of nitrogens with one attached hydrogen (secondary N) is 1. The molecule has 27 heavy (non-hydrogen) atoms. The molecule has 0 saturated heterocycles. The van der Waals surface area contributed by atoms with Gasteiger partial charge in [0.2, 0.25) is 5.91 Å². The van der Waals surface area contributed by atoms with E-state index in [1.165, 1.54) is 11.8 Å². The summed E-state index contributed by atoms with van der Waals surface area (Å²) in [5, 5.41) is 12.0. The lowest BCUT2D eigenvalue weighted by Gasteiger charge is -2.15. The predicted octanol–water partition coefficient (Wildman–Crippen LogP) is 3.44. The number of hydrogen-bond donors (Lipinski definition) is 1. The SMILES string of the molecule is CCn1c(SCC(=O)NCc2ccco2)nnc1C(C)Oc1ccccc1. The fourth-order valence-corrected chi connectivity index (χ4v) is 3.38. The van der Waals surface area contributed by atoms with Crippen molar-refractivity contribution in [1.29, 1.82) is 0 Å². The zero-order valence-corrected chi connectivity index (χ0v) is 16.1. The first-order valence-electron chi connectivity index (χ1n) is 8.74. The largest absolute Gasteiger partial charge is 0.483 e. The Hall–Kier alpha value is -2.74. The van der Waals surface area contributed by atoms with Crippen LogP contribution in [0.4, 0.5) is 0 Å². The summed E-state index contributed by atoms with van der Waals surface area (Å²) in [6, 6.07) is 13.2. The maximum atomic E-state index is 12.0. The Labute approximate surface area is 162 Å². The van der Waals surface area contributed by atoms with E-state index in [1.54, 1.807) is 12.3 Å². The number of carbonyl (C=O) groups excluding carboxylic acids is 1. The number of thioether (sulfide) groups is 1. The average molecular weight is 386 g/mol. The van der Waals surface area contributed by atoms with E-state index in [2.05, 4.69) is 15.5 Å². The summed E-state index contributed by atoms with van der Waals surface area (Å²) in [6.07, 6.45) is 1.34. The van der Waals surface area contributed by atoms with Crippen molar-refractivity contribution in [1.82, 2.24) is 20.1 Å². The Morgan fingerprint density at radius 1 is 1.26 bits per heavy atom. The smallest absolute Gasteiger partial charge is 0.230 e. The van der Waals surface area contributed by atoms with Crippen LogP contribution in [0, 0.1) is 0 Å². The van der Waals surface area contributed by atoms with Gasteiger partial charge in [0.15, 0.2) is 17.1 Å². The third-order valence-electron chi connectivity index (χ3n) is 3.85. The normalized spacial score (nSPS) is 11.9. The Morgan fingerprint density at radius 3 is 2.78 bits per heavy atom. The van der Waals surface area contributed by atoms with Crippen molar-refractivity contribution < 1.29 is 13.9 Å². The van der Waals surface area contributed by atoms with Crippen LogP contribution in [0.2, 0.25) is 0 Å². The average Bonchev–Trinajstić information content (AvgIpc) is 3.34. The summed E-state index contributed by atoms with van der Waals surface area (Å²) in [4.78, 5) is 12.0. The summed E-state index contributed by atoms with van der Waals surface area (Å²) in [5.74, 6) is 2.41. The van der Waals surface area contributed by atoms with Gasteiger partial charge in [0, 0.05) is 6.54 Å². The molecular formula is C19H22N4O3S. The zero-order valence-electron chi connectivity index (χ0n) is 15.3. The molecule has 1 aromatic carbocycles. The van der Waals surface area contributed by atoms with Crippen molar-refractivity contribution in [3.05, 3.63) is 60.3 Å². The molecule has 7 nitrogen and oxygen atoms in total. The topological polar surface area (TPSA) is 82.2 Å². The minimum atomic E-state index is -0.248. The quantitative estimate of drug-likeness (QED) is 0.567. The van der Waals surface area contributed by atoms with Gasteiger partial charge < -0.3 is 19.0 Å². The summed E-state index contributed by atoms with van der Waals surface area (Å²) >= 11 is 1.35. The molecule has 0 radical (unpaired) electrons. The van der Waals surface area contributed by atoms with Gasteiger partial charge in [0.25, 0.3) is 0 Å². The standard InChI is InChI=1S/C19H22N4O3S/c1-3-23-18(14(2)26-15-8-5-4-6-9-15)21-22-19(23)27-13-17(24)20-12-16-10-7-11-25-16/h4-11,14H,3,12-13H2,1-2H3,(H,20,24). The van der Waals surface area contributed by atoms with Crippen LogP contribution in [-0.4, -0.2) is 26.4 Å². The zero-order chi connectivity index (χ0) is 19.1. The predicted molar refractivity (Wildman–Crippen MR) is 102 cm³/mol. The minimum Gasteiger partial charge on any atom is -0.483 e. The third kappa shape index (κ3) is 5.13. The van der Waals surface area contributed by atoms with E-state index in [0.717, 1.165) is 17.3 Å². The van der Waals surface area contributed by atoms with Crippen molar-refractivity contribution in [2.75, 3.05) is 5.75 Å². The second-order valence-electron chi connectivity index (χ2n) is 5.80. The highest BCUT2D eigenvalue weighted by Crippen LogP contribution is 2.24. The molecule has 3 aromatic rings. The van der Waals surface area contributed by atoms with E-state index < -0.39 is 0 Å². The van der Waals surface area contributed by atoms with Gasteiger partial charge in [0.05, 0.1) is 18.6 Å². The van der Waals surface area contributed by atoms with E-state index in [-0.39, 0.29) is 17.8 Å². The lowest BCUT2D eigenvalue weighted by molar-refractivity contribution is -0.118. The van der Waals surface area contributed by atoms with Gasteiger partial charge in [-0.15, -0.1) is 10.2 Å². The summed E-state index contributed by atoms with van der Waals surface area (Å²) in [5.41, 5.74) is 0. The number of carbonyl (C=O) groups is 1. The van der Waals surface area contributed by atoms with Gasteiger partial charge in [0.1, 0.15) is 11.5 Å². The molecule has 0 aliphatic heterocycles. The number of benzene rings is 1. The molecule has 1 unspecified atom stereocenters. The second-order valence-corrected chi connectivity index (χ2v) is 6.75. The molecule has 1 atom stereocenters. The van der Waals surface area contributed by atoms with Crippen LogP contribution in [0.25, 0.3) is 0 Å². The Balaban J connectivity index is 1.57. The molecule has 0 aliphatic rings. The van der Waals surface area contributed by atoms with E-state index in [9.17, 15) is 4.79 Å². The van der Waals surface area contributed by atoms with Crippen LogP contribution in [0.1, 0.15) is 31.5 Å². The van der Waals surface area contributed by atoms with Crippen LogP contribution >= 0.6 is 11.8 Å². The van der Waals surface area contributed by atoms with Crippen LogP contribution < -0.4 is 10.1 Å². The van der Waals surface area contributed by atoms with E-state index >= 15 is 0 Å². The number of ether oxygens (including phenoxy) is 1. The summed E-state index contributed by atoms with van der Waals surface area (Å²) < 4.78 is 13.1. The Morgan fingerprint density at radius 2 is 2.07 bits per heavy atom. The number of rotatable bonds is 9. The number of hydrogen-bond acceptors (Lipinski definition) is 6.